The highest BCUT2D eigenvalue weighted by molar-refractivity contribution is 5.94. The summed E-state index contributed by atoms with van der Waals surface area (Å²) in [6.07, 6.45) is 1.14. The number of aryl methyl sites for hydroxylation is 1. The molecule has 3 aromatic rings. The second-order valence-corrected chi connectivity index (χ2v) is 6.85. The Bertz CT molecular complexity index is 997. The second kappa shape index (κ2) is 10.1. The van der Waals surface area contributed by atoms with Crippen molar-refractivity contribution < 1.29 is 14.3 Å². The van der Waals surface area contributed by atoms with Crippen molar-refractivity contribution in [3.8, 4) is 0 Å². The van der Waals surface area contributed by atoms with Crippen LogP contribution in [0.4, 0.5) is 10.5 Å². The number of amides is 2. The third-order valence-corrected chi connectivity index (χ3v) is 4.59. The molecule has 0 saturated carbocycles. The van der Waals surface area contributed by atoms with E-state index in [1.807, 2.05) is 61.5 Å². The molecule has 0 aliphatic rings. The summed E-state index contributed by atoms with van der Waals surface area (Å²) in [6, 6.07) is 23.5. The molecule has 5 heteroatoms. The summed E-state index contributed by atoms with van der Waals surface area (Å²) in [5.74, 6) is -0.248. The van der Waals surface area contributed by atoms with Crippen molar-refractivity contribution in [2.24, 2.45) is 0 Å². The van der Waals surface area contributed by atoms with Gasteiger partial charge in [-0.15, -0.1) is 0 Å². The first-order chi connectivity index (χ1) is 14.5. The maximum absolute atomic E-state index is 12.7. The molecule has 0 bridgehead atoms. The number of benzene rings is 3. The van der Waals surface area contributed by atoms with Gasteiger partial charge in [0, 0.05) is 11.3 Å². The normalized spacial score (nSPS) is 11.2. The second-order valence-electron chi connectivity index (χ2n) is 6.85. The lowest BCUT2D eigenvalue weighted by atomic mass is 10.1. The fourth-order valence-electron chi connectivity index (χ4n) is 2.87. The molecule has 0 heterocycles. The Hall–Kier alpha value is -3.86. The third kappa shape index (κ3) is 5.82. The van der Waals surface area contributed by atoms with Crippen LogP contribution >= 0.6 is 0 Å². The Morgan fingerprint density at radius 3 is 2.27 bits per heavy atom. The number of anilines is 1. The van der Waals surface area contributed by atoms with Crippen molar-refractivity contribution in [3.63, 3.8) is 0 Å². The van der Waals surface area contributed by atoms with Gasteiger partial charge in [0.25, 0.3) is 5.91 Å². The van der Waals surface area contributed by atoms with Gasteiger partial charge in [-0.1, -0.05) is 72.8 Å². The first kappa shape index (κ1) is 20.9. The van der Waals surface area contributed by atoms with E-state index in [0.717, 1.165) is 16.7 Å². The first-order valence-electron chi connectivity index (χ1n) is 9.64. The van der Waals surface area contributed by atoms with Crippen molar-refractivity contribution in [3.05, 3.63) is 108 Å². The van der Waals surface area contributed by atoms with E-state index in [2.05, 4.69) is 17.2 Å². The molecular formula is C25H24N2O3. The minimum Gasteiger partial charge on any atom is -0.447 e. The fourth-order valence-corrected chi connectivity index (χ4v) is 2.87. The van der Waals surface area contributed by atoms with Crippen LogP contribution < -0.4 is 10.6 Å². The van der Waals surface area contributed by atoms with Crippen LogP contribution in [0.2, 0.25) is 0 Å². The zero-order valence-electron chi connectivity index (χ0n) is 16.8. The molecule has 1 atom stereocenters. The van der Waals surface area contributed by atoms with E-state index in [-0.39, 0.29) is 12.5 Å². The molecule has 0 aromatic heterocycles. The number of nitrogens with one attached hydrogen (secondary N) is 2. The summed E-state index contributed by atoms with van der Waals surface area (Å²) in [6.45, 7) is 5.68. The van der Waals surface area contributed by atoms with E-state index in [4.69, 9.17) is 4.74 Å². The van der Waals surface area contributed by atoms with Gasteiger partial charge in [0.2, 0.25) is 0 Å². The van der Waals surface area contributed by atoms with Gasteiger partial charge >= 0.3 is 6.09 Å². The van der Waals surface area contributed by atoms with E-state index < -0.39 is 12.1 Å². The summed E-state index contributed by atoms with van der Waals surface area (Å²) in [7, 11) is 0. The Labute approximate surface area is 176 Å². The molecule has 5 nitrogen and oxygen atoms in total. The summed E-state index contributed by atoms with van der Waals surface area (Å²) >= 11 is 0. The monoisotopic (exact) mass is 400 g/mol. The van der Waals surface area contributed by atoms with Gasteiger partial charge in [0.05, 0.1) is 6.04 Å². The first-order valence-corrected chi connectivity index (χ1v) is 9.64. The predicted molar refractivity (Wildman–Crippen MR) is 119 cm³/mol. The molecule has 152 valence electrons. The number of ether oxygens (including phenoxy) is 1. The third-order valence-electron chi connectivity index (χ3n) is 4.59. The van der Waals surface area contributed by atoms with Gasteiger partial charge in [-0.3, -0.25) is 10.1 Å². The molecule has 3 aromatic carbocycles. The van der Waals surface area contributed by atoms with Gasteiger partial charge in [0.15, 0.2) is 0 Å². The molecule has 2 N–H and O–H groups in total. The number of hydrogen-bond acceptors (Lipinski definition) is 3. The minimum atomic E-state index is -0.579. The standard InChI is InChI=1S/C25H24N2O3/c1-3-19-11-13-21(14-12-19)24(28)27-23(20-7-5-4-6-8-20)17-30-25(29)26-22-15-9-18(2)10-16-22/h3-16,23H,1,17H2,2H3,(H,26,29)(H,27,28)/t23-/m1/s1. The fraction of sp³-hybridized carbons (Fsp3) is 0.120. The SMILES string of the molecule is C=Cc1ccc(C(=O)N[C@H](COC(=O)Nc2ccc(C)cc2)c2ccccc2)cc1. The van der Waals surface area contributed by atoms with Gasteiger partial charge in [-0.05, 0) is 42.3 Å². The molecule has 0 spiro atoms. The number of carbonyl (C=O) groups excluding carboxylic acids is 2. The van der Waals surface area contributed by atoms with Crippen LogP contribution in [-0.4, -0.2) is 18.6 Å². The summed E-state index contributed by atoms with van der Waals surface area (Å²) in [5, 5.41) is 5.63. The summed E-state index contributed by atoms with van der Waals surface area (Å²) < 4.78 is 5.39. The average molecular weight is 400 g/mol. The molecule has 3 rings (SSSR count). The maximum Gasteiger partial charge on any atom is 0.411 e. The molecule has 2 amide bonds. The lowest BCUT2D eigenvalue weighted by molar-refractivity contribution is 0.0901. The Balaban J connectivity index is 1.66. The van der Waals surface area contributed by atoms with E-state index in [9.17, 15) is 9.59 Å². The lowest BCUT2D eigenvalue weighted by Crippen LogP contribution is -2.32. The highest BCUT2D eigenvalue weighted by atomic mass is 16.5. The highest BCUT2D eigenvalue weighted by Crippen LogP contribution is 2.16. The topological polar surface area (TPSA) is 67.4 Å². The number of rotatable bonds is 7. The zero-order valence-corrected chi connectivity index (χ0v) is 16.8. The molecular weight excluding hydrogens is 376 g/mol. The van der Waals surface area contributed by atoms with Crippen LogP contribution in [0.15, 0.2) is 85.4 Å². The van der Waals surface area contributed by atoms with Crippen molar-refractivity contribution in [1.29, 1.82) is 0 Å². The van der Waals surface area contributed by atoms with Gasteiger partial charge in [-0.25, -0.2) is 4.79 Å². The Morgan fingerprint density at radius 2 is 1.63 bits per heavy atom. The molecule has 0 radical (unpaired) electrons. The quantitative estimate of drug-likeness (QED) is 0.561. The zero-order chi connectivity index (χ0) is 21.3. The Kier molecular flexibility index (Phi) is 7.00. The highest BCUT2D eigenvalue weighted by Gasteiger charge is 2.18. The minimum absolute atomic E-state index is 0.00180. The van der Waals surface area contributed by atoms with Crippen LogP contribution in [0.5, 0.6) is 0 Å². The van der Waals surface area contributed by atoms with Crippen LogP contribution in [0, 0.1) is 6.92 Å². The number of hydrogen-bond donors (Lipinski definition) is 2. The molecule has 30 heavy (non-hydrogen) atoms. The van der Waals surface area contributed by atoms with Gasteiger partial charge in [-0.2, -0.15) is 0 Å². The largest absolute Gasteiger partial charge is 0.447 e. The molecule has 0 fully saturated rings. The van der Waals surface area contributed by atoms with Crippen LogP contribution in [0.3, 0.4) is 0 Å². The molecule has 0 aliphatic heterocycles. The van der Waals surface area contributed by atoms with E-state index in [0.29, 0.717) is 11.3 Å². The number of carbonyl (C=O) groups is 2. The Morgan fingerprint density at radius 1 is 0.967 bits per heavy atom. The van der Waals surface area contributed by atoms with Crippen molar-refractivity contribution in [1.82, 2.24) is 5.32 Å². The lowest BCUT2D eigenvalue weighted by Gasteiger charge is -2.19. The molecule has 0 saturated heterocycles. The van der Waals surface area contributed by atoms with Gasteiger partial charge in [0.1, 0.15) is 6.61 Å². The summed E-state index contributed by atoms with van der Waals surface area (Å²) in [5.41, 5.74) is 4.04. The van der Waals surface area contributed by atoms with Crippen LogP contribution in [0.1, 0.15) is 33.1 Å². The van der Waals surface area contributed by atoms with Crippen LogP contribution in [0.25, 0.3) is 6.08 Å². The smallest absolute Gasteiger partial charge is 0.411 e. The van der Waals surface area contributed by atoms with Crippen molar-refractivity contribution in [2.75, 3.05) is 11.9 Å². The van der Waals surface area contributed by atoms with Crippen molar-refractivity contribution >= 4 is 23.8 Å². The predicted octanol–water partition coefficient (Wildman–Crippen LogP) is 5.36. The summed E-state index contributed by atoms with van der Waals surface area (Å²) in [4.78, 5) is 24.9. The molecule has 0 aliphatic carbocycles. The van der Waals surface area contributed by atoms with Crippen LogP contribution in [-0.2, 0) is 4.74 Å². The van der Waals surface area contributed by atoms with Gasteiger partial charge < -0.3 is 10.1 Å². The van der Waals surface area contributed by atoms with E-state index in [1.165, 1.54) is 0 Å². The maximum atomic E-state index is 12.7. The average Bonchev–Trinajstić information content (AvgIpc) is 2.78. The van der Waals surface area contributed by atoms with E-state index >= 15 is 0 Å². The van der Waals surface area contributed by atoms with Crippen molar-refractivity contribution in [2.45, 2.75) is 13.0 Å². The molecule has 0 unspecified atom stereocenters. The van der Waals surface area contributed by atoms with E-state index in [1.54, 1.807) is 30.3 Å².